The number of hydrogen-bond acceptors (Lipinski definition) is 5. The van der Waals surface area contributed by atoms with E-state index in [9.17, 15) is 19.2 Å². The van der Waals surface area contributed by atoms with Crippen molar-refractivity contribution in [2.24, 2.45) is 29.4 Å². The van der Waals surface area contributed by atoms with E-state index in [0.29, 0.717) is 38.6 Å². The minimum absolute atomic E-state index is 0.163. The molecule has 3 aliphatic rings. The van der Waals surface area contributed by atoms with Crippen LogP contribution < -0.4 is 21.7 Å². The molecule has 3 saturated carbocycles. The van der Waals surface area contributed by atoms with Gasteiger partial charge in [0.15, 0.2) is 0 Å². The molecule has 2 bridgehead atoms. The van der Waals surface area contributed by atoms with E-state index in [2.05, 4.69) is 28.1 Å². The van der Waals surface area contributed by atoms with Crippen LogP contribution in [-0.4, -0.2) is 48.0 Å². The number of unbranched alkanes of at least 4 members (excludes halogenated alkanes) is 1. The van der Waals surface area contributed by atoms with Crippen LogP contribution in [0.15, 0.2) is 60.7 Å². The Morgan fingerprint density at radius 1 is 0.826 bits per heavy atom. The number of ether oxygens (including phenoxy) is 1. The summed E-state index contributed by atoms with van der Waals surface area (Å²) in [6.07, 6.45) is 6.89. The highest BCUT2D eigenvalue weighted by molar-refractivity contribution is 5.89. The second kappa shape index (κ2) is 16.6. The number of hydrogen-bond donors (Lipinski definition) is 4. The highest BCUT2D eigenvalue weighted by Gasteiger charge is 2.47. The second-order valence-electron chi connectivity index (χ2n) is 14.0. The van der Waals surface area contributed by atoms with Gasteiger partial charge >= 0.3 is 6.09 Å². The standard InChI is InChI=1S/C37H52N4O5/c1-37(2,3)46-36(45)39-23-11-10-16-30(35(44)41-32-28-21-19-27(20-22-28)31(32)33(38)42)40-34(43)29(24-26-14-8-5-9-15-26)18-17-25-12-6-4-7-13-25/h4-9,12-15,27-32H,10-11,16-24H2,1-3H3,(H2,38,42)(H,39,45)(H,40,43)(H,41,44). The third-order valence-electron chi connectivity index (χ3n) is 9.40. The van der Waals surface area contributed by atoms with Gasteiger partial charge in [-0.1, -0.05) is 60.7 Å². The fourth-order valence-corrected chi connectivity index (χ4v) is 7.08. The Kier molecular flexibility index (Phi) is 12.6. The molecule has 0 heterocycles. The lowest BCUT2D eigenvalue weighted by Gasteiger charge is -2.47. The molecular weight excluding hydrogens is 580 g/mol. The smallest absolute Gasteiger partial charge is 0.407 e. The van der Waals surface area contributed by atoms with E-state index < -0.39 is 17.7 Å². The molecule has 0 aliphatic heterocycles. The van der Waals surface area contributed by atoms with Crippen LogP contribution >= 0.6 is 0 Å². The highest BCUT2D eigenvalue weighted by atomic mass is 16.6. The van der Waals surface area contributed by atoms with Gasteiger partial charge in [-0.3, -0.25) is 14.4 Å². The monoisotopic (exact) mass is 632 g/mol. The lowest BCUT2D eigenvalue weighted by molar-refractivity contribution is -0.135. The van der Waals surface area contributed by atoms with E-state index >= 15 is 0 Å². The zero-order chi connectivity index (χ0) is 33.1. The van der Waals surface area contributed by atoms with Crippen LogP contribution in [0, 0.1) is 23.7 Å². The first-order valence-electron chi connectivity index (χ1n) is 16.9. The highest BCUT2D eigenvalue weighted by Crippen LogP contribution is 2.45. The molecule has 4 amide bonds. The average Bonchev–Trinajstić information content (AvgIpc) is 3.02. The van der Waals surface area contributed by atoms with E-state index in [1.165, 1.54) is 0 Å². The SMILES string of the molecule is CC(C)(C)OC(=O)NCCCCC(NC(=O)C(CCc1ccccc1)Cc1ccccc1)C(=O)NC1C2CCC(CC2)C1C(N)=O. The van der Waals surface area contributed by atoms with Gasteiger partial charge in [0.2, 0.25) is 17.7 Å². The van der Waals surface area contributed by atoms with Gasteiger partial charge in [-0.2, -0.15) is 0 Å². The maximum absolute atomic E-state index is 13.9. The Bertz CT molecular complexity index is 1290. The molecule has 0 radical (unpaired) electrons. The topological polar surface area (TPSA) is 140 Å². The summed E-state index contributed by atoms with van der Waals surface area (Å²) >= 11 is 0. The van der Waals surface area contributed by atoms with Crippen molar-refractivity contribution < 1.29 is 23.9 Å². The predicted molar refractivity (Wildman–Crippen MR) is 178 cm³/mol. The summed E-state index contributed by atoms with van der Waals surface area (Å²) in [5, 5.41) is 9.04. The first-order chi connectivity index (χ1) is 22.0. The zero-order valence-electron chi connectivity index (χ0n) is 27.6. The number of rotatable bonds is 15. The van der Waals surface area contributed by atoms with Gasteiger partial charge in [0.05, 0.1) is 5.92 Å². The Morgan fingerprint density at radius 2 is 1.43 bits per heavy atom. The van der Waals surface area contributed by atoms with E-state index in [0.717, 1.165) is 43.2 Å². The molecule has 2 aromatic rings. The van der Waals surface area contributed by atoms with Gasteiger partial charge in [-0.25, -0.2) is 4.79 Å². The number of primary amides is 1. The Balaban J connectivity index is 1.45. The molecule has 5 rings (SSSR count). The Hall–Kier alpha value is -3.88. The van der Waals surface area contributed by atoms with E-state index in [4.69, 9.17) is 10.5 Å². The van der Waals surface area contributed by atoms with Crippen molar-refractivity contribution in [2.45, 2.75) is 103 Å². The number of benzene rings is 2. The number of aryl methyl sites for hydroxylation is 1. The fourth-order valence-electron chi connectivity index (χ4n) is 7.08. The third kappa shape index (κ3) is 10.6. The maximum atomic E-state index is 13.9. The predicted octanol–water partition coefficient (Wildman–Crippen LogP) is 5.06. The average molecular weight is 633 g/mol. The van der Waals surface area contributed by atoms with Crippen molar-refractivity contribution in [2.75, 3.05) is 6.54 Å². The lowest BCUT2D eigenvalue weighted by atomic mass is 9.61. The number of alkyl carbamates (subject to hydrolysis) is 1. The van der Waals surface area contributed by atoms with Crippen LogP contribution in [0.5, 0.6) is 0 Å². The number of carbonyl (C=O) groups excluding carboxylic acids is 4. The molecule has 4 unspecified atom stereocenters. The molecule has 9 heteroatoms. The van der Waals surface area contributed by atoms with Crippen molar-refractivity contribution in [3.05, 3.63) is 71.8 Å². The molecule has 9 nitrogen and oxygen atoms in total. The molecule has 250 valence electrons. The minimum atomic E-state index is -0.780. The van der Waals surface area contributed by atoms with Crippen molar-refractivity contribution in [1.29, 1.82) is 0 Å². The number of amides is 4. The van der Waals surface area contributed by atoms with Crippen LogP contribution in [0.2, 0.25) is 0 Å². The molecule has 2 aromatic carbocycles. The Labute approximate surface area is 273 Å². The molecule has 0 spiro atoms. The van der Waals surface area contributed by atoms with Crippen molar-refractivity contribution in [3.8, 4) is 0 Å². The third-order valence-corrected chi connectivity index (χ3v) is 9.40. The molecule has 0 saturated heterocycles. The molecule has 5 N–H and O–H groups in total. The molecular formula is C37H52N4O5. The molecule has 46 heavy (non-hydrogen) atoms. The summed E-state index contributed by atoms with van der Waals surface area (Å²) in [5.41, 5.74) is 7.47. The van der Waals surface area contributed by atoms with Crippen molar-refractivity contribution in [3.63, 3.8) is 0 Å². The van der Waals surface area contributed by atoms with Gasteiger partial charge in [0.25, 0.3) is 0 Å². The van der Waals surface area contributed by atoms with Crippen LogP contribution in [0.3, 0.4) is 0 Å². The van der Waals surface area contributed by atoms with Gasteiger partial charge < -0.3 is 26.4 Å². The molecule has 4 atom stereocenters. The fraction of sp³-hybridized carbons (Fsp3) is 0.568. The van der Waals surface area contributed by atoms with Gasteiger partial charge in [-0.05, 0) is 108 Å². The molecule has 3 fully saturated rings. The minimum Gasteiger partial charge on any atom is -0.444 e. The van der Waals surface area contributed by atoms with Crippen LogP contribution in [0.25, 0.3) is 0 Å². The summed E-state index contributed by atoms with van der Waals surface area (Å²) in [5.74, 6) is -1.14. The summed E-state index contributed by atoms with van der Waals surface area (Å²) in [7, 11) is 0. The summed E-state index contributed by atoms with van der Waals surface area (Å²) in [4.78, 5) is 52.4. The molecule has 0 aromatic heterocycles. The summed E-state index contributed by atoms with van der Waals surface area (Å²) < 4.78 is 5.32. The van der Waals surface area contributed by atoms with Crippen LogP contribution in [0.4, 0.5) is 4.79 Å². The summed E-state index contributed by atoms with van der Waals surface area (Å²) in [6, 6.07) is 18.9. The number of fused-ring (bicyclic) bond motifs is 3. The first-order valence-corrected chi connectivity index (χ1v) is 16.9. The van der Waals surface area contributed by atoms with Crippen molar-refractivity contribution >= 4 is 23.8 Å². The van der Waals surface area contributed by atoms with Crippen LogP contribution in [0.1, 0.15) is 83.3 Å². The second-order valence-corrected chi connectivity index (χ2v) is 14.0. The Morgan fingerprint density at radius 3 is 2.04 bits per heavy atom. The maximum Gasteiger partial charge on any atom is 0.407 e. The van der Waals surface area contributed by atoms with Gasteiger partial charge in [-0.15, -0.1) is 0 Å². The summed E-state index contributed by atoms with van der Waals surface area (Å²) in [6.45, 7) is 5.82. The zero-order valence-corrected chi connectivity index (χ0v) is 27.6. The van der Waals surface area contributed by atoms with E-state index in [1.54, 1.807) is 0 Å². The number of nitrogens with two attached hydrogens (primary N) is 1. The van der Waals surface area contributed by atoms with E-state index in [1.807, 2.05) is 69.3 Å². The normalized spacial score (nSPS) is 21.9. The van der Waals surface area contributed by atoms with Crippen LogP contribution in [-0.2, 0) is 32.0 Å². The molecule has 3 aliphatic carbocycles. The number of carbonyl (C=O) groups is 4. The van der Waals surface area contributed by atoms with Gasteiger partial charge in [0.1, 0.15) is 11.6 Å². The van der Waals surface area contributed by atoms with Crippen molar-refractivity contribution in [1.82, 2.24) is 16.0 Å². The van der Waals surface area contributed by atoms with E-state index in [-0.39, 0.29) is 47.4 Å². The quantitative estimate of drug-likeness (QED) is 0.203. The number of nitrogens with one attached hydrogen (secondary N) is 3. The first kappa shape index (κ1) is 35.0. The largest absolute Gasteiger partial charge is 0.444 e. The van der Waals surface area contributed by atoms with Gasteiger partial charge in [0, 0.05) is 18.5 Å². The lowest BCUT2D eigenvalue weighted by Crippen LogP contribution is -2.60.